The number of nitrogens with zero attached hydrogens (tertiary/aromatic N) is 5. The van der Waals surface area contributed by atoms with E-state index in [9.17, 15) is 0 Å². The molecule has 0 radical (unpaired) electrons. The number of piperazine rings is 1. The van der Waals surface area contributed by atoms with Crippen LogP contribution in [0.1, 0.15) is 18.3 Å². The van der Waals surface area contributed by atoms with Gasteiger partial charge in [-0.25, -0.2) is 4.98 Å². The first-order chi connectivity index (χ1) is 12.7. The zero-order valence-electron chi connectivity index (χ0n) is 15.6. The Bertz CT molecular complexity index is 722. The van der Waals surface area contributed by atoms with E-state index in [1.165, 1.54) is 17.1 Å². The number of nitrogens with one attached hydrogen (secondary N) is 1. The summed E-state index contributed by atoms with van der Waals surface area (Å²) in [5, 5.41) is 4.48. The number of rotatable bonds is 5. The summed E-state index contributed by atoms with van der Waals surface area (Å²) in [5.41, 5.74) is 1.20. The fraction of sp³-hybridized carbons (Fsp3) is 0.500. The van der Waals surface area contributed by atoms with Crippen LogP contribution >= 0.6 is 11.5 Å². The van der Waals surface area contributed by atoms with Gasteiger partial charge >= 0.3 is 0 Å². The number of guanidine groups is 1. The molecule has 0 spiro atoms. The van der Waals surface area contributed by atoms with E-state index < -0.39 is 0 Å². The summed E-state index contributed by atoms with van der Waals surface area (Å²) in [5.74, 6) is 2.74. The molecule has 1 saturated heterocycles. The number of methoxy groups -OCH3 is 1. The normalized spacial score (nSPS) is 15.3. The van der Waals surface area contributed by atoms with Crippen LogP contribution in [0.3, 0.4) is 0 Å². The van der Waals surface area contributed by atoms with Crippen molar-refractivity contribution in [2.24, 2.45) is 4.99 Å². The number of benzene rings is 1. The SMILES string of the molecule is CCc1nsc(N2CCN(C(=NC)NCc3ccc(OC)cc3)CC2)n1. The van der Waals surface area contributed by atoms with Gasteiger partial charge in [-0.2, -0.15) is 4.37 Å². The third-order valence-corrected chi connectivity index (χ3v) is 5.26. The monoisotopic (exact) mass is 374 g/mol. The van der Waals surface area contributed by atoms with Crippen LogP contribution in [0.25, 0.3) is 0 Å². The van der Waals surface area contributed by atoms with Crippen molar-refractivity contribution in [2.45, 2.75) is 19.9 Å². The molecule has 0 amide bonds. The molecule has 1 aromatic heterocycles. The standard InChI is InChI=1S/C18H26N6OS/c1-4-16-21-18(26-22-16)24-11-9-23(10-12-24)17(19-2)20-13-14-5-7-15(25-3)8-6-14/h5-8H,4,9-13H2,1-3H3,(H,19,20). The van der Waals surface area contributed by atoms with Crippen molar-refractivity contribution in [1.29, 1.82) is 0 Å². The lowest BCUT2D eigenvalue weighted by molar-refractivity contribution is 0.372. The highest BCUT2D eigenvalue weighted by molar-refractivity contribution is 7.09. The summed E-state index contributed by atoms with van der Waals surface area (Å²) in [4.78, 5) is 13.6. The number of hydrogen-bond donors (Lipinski definition) is 1. The lowest BCUT2D eigenvalue weighted by Crippen LogP contribution is -2.52. The van der Waals surface area contributed by atoms with Gasteiger partial charge in [-0.1, -0.05) is 19.1 Å². The Morgan fingerprint density at radius 1 is 1.23 bits per heavy atom. The van der Waals surface area contributed by atoms with E-state index in [1.807, 2.05) is 19.2 Å². The Labute approximate surface area is 158 Å². The van der Waals surface area contributed by atoms with Crippen molar-refractivity contribution >= 4 is 22.6 Å². The Kier molecular flexibility index (Phi) is 6.27. The maximum Gasteiger partial charge on any atom is 0.205 e. The number of hydrogen-bond acceptors (Lipinski definition) is 6. The molecule has 0 unspecified atom stereocenters. The first-order valence-corrected chi connectivity index (χ1v) is 9.67. The van der Waals surface area contributed by atoms with Crippen LogP contribution in [-0.2, 0) is 13.0 Å². The number of ether oxygens (including phenoxy) is 1. The van der Waals surface area contributed by atoms with Crippen LogP contribution in [0, 0.1) is 0 Å². The minimum Gasteiger partial charge on any atom is -0.497 e. The minimum atomic E-state index is 0.743. The van der Waals surface area contributed by atoms with Crippen LogP contribution in [0.5, 0.6) is 5.75 Å². The number of anilines is 1. The van der Waals surface area contributed by atoms with Crippen molar-refractivity contribution < 1.29 is 4.74 Å². The topological polar surface area (TPSA) is 65.9 Å². The van der Waals surface area contributed by atoms with Gasteiger partial charge in [0.05, 0.1) is 7.11 Å². The molecule has 8 heteroatoms. The Balaban J connectivity index is 1.51. The van der Waals surface area contributed by atoms with E-state index >= 15 is 0 Å². The van der Waals surface area contributed by atoms with E-state index in [0.29, 0.717) is 0 Å². The highest BCUT2D eigenvalue weighted by Crippen LogP contribution is 2.19. The third kappa shape index (κ3) is 4.43. The number of aliphatic imine (C=N–C) groups is 1. The largest absolute Gasteiger partial charge is 0.497 e. The van der Waals surface area contributed by atoms with Crippen LogP contribution in [0.15, 0.2) is 29.3 Å². The van der Waals surface area contributed by atoms with Crippen molar-refractivity contribution in [1.82, 2.24) is 19.6 Å². The second kappa shape index (κ2) is 8.84. The van der Waals surface area contributed by atoms with Crippen molar-refractivity contribution in [3.05, 3.63) is 35.7 Å². The molecule has 0 atom stereocenters. The van der Waals surface area contributed by atoms with Crippen LogP contribution in [0.2, 0.25) is 0 Å². The Hall–Kier alpha value is -2.35. The molecule has 0 saturated carbocycles. The molecule has 1 aromatic carbocycles. The molecule has 140 valence electrons. The summed E-state index contributed by atoms with van der Waals surface area (Å²) in [6, 6.07) is 8.09. The molecule has 1 fully saturated rings. The fourth-order valence-electron chi connectivity index (χ4n) is 2.88. The summed E-state index contributed by atoms with van der Waals surface area (Å²) in [6.07, 6.45) is 0.887. The predicted molar refractivity (Wildman–Crippen MR) is 106 cm³/mol. The van der Waals surface area contributed by atoms with E-state index in [4.69, 9.17) is 4.74 Å². The molecule has 3 rings (SSSR count). The fourth-order valence-corrected chi connectivity index (χ4v) is 3.68. The van der Waals surface area contributed by atoms with Crippen molar-refractivity contribution in [3.63, 3.8) is 0 Å². The zero-order valence-corrected chi connectivity index (χ0v) is 16.4. The molecular weight excluding hydrogens is 348 g/mol. The third-order valence-electron chi connectivity index (χ3n) is 4.44. The smallest absolute Gasteiger partial charge is 0.205 e. The summed E-state index contributed by atoms with van der Waals surface area (Å²) in [7, 11) is 3.51. The maximum atomic E-state index is 5.20. The minimum absolute atomic E-state index is 0.743. The van der Waals surface area contributed by atoms with Crippen LogP contribution in [0.4, 0.5) is 5.13 Å². The first-order valence-electron chi connectivity index (χ1n) is 8.89. The second-order valence-corrected chi connectivity index (χ2v) is 6.80. The molecule has 7 nitrogen and oxygen atoms in total. The van der Waals surface area contributed by atoms with Gasteiger partial charge in [-0.05, 0) is 17.7 Å². The molecule has 1 aliphatic heterocycles. The van der Waals surface area contributed by atoms with Gasteiger partial charge in [0, 0.05) is 57.7 Å². The second-order valence-electron chi connectivity index (χ2n) is 6.07. The highest BCUT2D eigenvalue weighted by Gasteiger charge is 2.21. The van der Waals surface area contributed by atoms with Gasteiger partial charge in [0.15, 0.2) is 5.96 Å². The molecule has 2 heterocycles. The van der Waals surface area contributed by atoms with Crippen LogP contribution in [-0.4, -0.2) is 60.6 Å². The molecule has 1 N–H and O–H groups in total. The maximum absolute atomic E-state index is 5.20. The lowest BCUT2D eigenvalue weighted by atomic mass is 10.2. The number of aromatic nitrogens is 2. The predicted octanol–water partition coefficient (Wildman–Crippen LogP) is 2.01. The van der Waals surface area contributed by atoms with Gasteiger partial charge in [0.2, 0.25) is 5.13 Å². The van der Waals surface area contributed by atoms with E-state index in [1.54, 1.807) is 7.11 Å². The van der Waals surface area contributed by atoms with Crippen molar-refractivity contribution in [2.75, 3.05) is 45.2 Å². The first kappa shape index (κ1) is 18.4. The van der Waals surface area contributed by atoms with Gasteiger partial charge in [-0.15, -0.1) is 0 Å². The summed E-state index contributed by atoms with van der Waals surface area (Å²) < 4.78 is 9.59. The Morgan fingerprint density at radius 3 is 2.54 bits per heavy atom. The highest BCUT2D eigenvalue weighted by atomic mass is 32.1. The zero-order chi connectivity index (χ0) is 18.4. The molecular formula is C18H26N6OS. The van der Waals surface area contributed by atoms with Crippen molar-refractivity contribution in [3.8, 4) is 5.75 Å². The average Bonchev–Trinajstić information content (AvgIpc) is 3.19. The molecule has 26 heavy (non-hydrogen) atoms. The molecule has 1 aliphatic rings. The Morgan fingerprint density at radius 2 is 1.96 bits per heavy atom. The summed E-state index contributed by atoms with van der Waals surface area (Å²) in [6.45, 7) is 6.53. The van der Waals surface area contributed by atoms with Crippen LogP contribution < -0.4 is 15.0 Å². The number of aryl methyl sites for hydroxylation is 1. The van der Waals surface area contributed by atoms with Gasteiger partial charge in [0.25, 0.3) is 0 Å². The summed E-state index contributed by atoms with van der Waals surface area (Å²) >= 11 is 1.50. The average molecular weight is 375 g/mol. The molecule has 0 aliphatic carbocycles. The van der Waals surface area contributed by atoms with Gasteiger partial charge < -0.3 is 19.9 Å². The molecule has 2 aromatic rings. The van der Waals surface area contributed by atoms with Gasteiger partial charge in [0.1, 0.15) is 11.6 Å². The van der Waals surface area contributed by atoms with E-state index in [-0.39, 0.29) is 0 Å². The van der Waals surface area contributed by atoms with Gasteiger partial charge in [-0.3, -0.25) is 4.99 Å². The van der Waals surface area contributed by atoms with E-state index in [2.05, 4.69) is 48.5 Å². The van der Waals surface area contributed by atoms with E-state index in [0.717, 1.165) is 61.8 Å². The molecule has 0 bridgehead atoms. The lowest BCUT2D eigenvalue weighted by Gasteiger charge is -2.36. The quantitative estimate of drug-likeness (QED) is 0.638.